The molecule has 2 heterocycles. The highest BCUT2D eigenvalue weighted by molar-refractivity contribution is 6.03. The number of hydrogen-bond acceptors (Lipinski definition) is 5. The molecule has 2 saturated heterocycles. The van der Waals surface area contributed by atoms with Gasteiger partial charge >= 0.3 is 0 Å². The molecule has 2 atom stereocenters. The number of nitrogens with one attached hydrogen (secondary N) is 1. The van der Waals surface area contributed by atoms with Crippen LogP contribution in [0.5, 0.6) is 11.5 Å². The molecule has 2 aromatic rings. The minimum atomic E-state index is -0.403. The topological polar surface area (TPSA) is 71.1 Å². The van der Waals surface area contributed by atoms with E-state index < -0.39 is 5.92 Å². The fourth-order valence-corrected chi connectivity index (χ4v) is 4.29. The fourth-order valence-electron chi connectivity index (χ4n) is 4.29. The van der Waals surface area contributed by atoms with Gasteiger partial charge in [-0.05, 0) is 48.7 Å². The van der Waals surface area contributed by atoms with Crippen LogP contribution in [0.1, 0.15) is 19.8 Å². The van der Waals surface area contributed by atoms with E-state index in [0.717, 1.165) is 18.8 Å². The Morgan fingerprint density at radius 1 is 1.00 bits per heavy atom. The van der Waals surface area contributed by atoms with Crippen LogP contribution >= 0.6 is 0 Å². The maximum Gasteiger partial charge on any atom is 0.229 e. The molecule has 164 valence electrons. The molecule has 2 amide bonds. The van der Waals surface area contributed by atoms with Gasteiger partial charge in [0.2, 0.25) is 11.8 Å². The highest BCUT2D eigenvalue weighted by atomic mass is 16.5. The number of carbonyl (C=O) groups excluding carboxylic acids is 2. The van der Waals surface area contributed by atoms with E-state index in [-0.39, 0.29) is 18.2 Å². The molecular formula is C24H29N3O4. The standard InChI is InChI=1S/C24H29N3O4/c1-16-10-11-26(14-16)19-6-4-18(5-7-19)25-24(29)17-12-23(28)27(15-17)20-8-9-21(30-2)22(13-20)31-3/h4-9,13,16-17H,10-12,14-15H2,1-3H3,(H,25,29). The molecule has 31 heavy (non-hydrogen) atoms. The Morgan fingerprint density at radius 2 is 1.71 bits per heavy atom. The fraction of sp³-hybridized carbons (Fsp3) is 0.417. The first-order valence-electron chi connectivity index (χ1n) is 10.7. The van der Waals surface area contributed by atoms with Crippen LogP contribution < -0.4 is 24.6 Å². The summed E-state index contributed by atoms with van der Waals surface area (Å²) in [5.74, 6) is 1.24. The minimum absolute atomic E-state index is 0.0779. The van der Waals surface area contributed by atoms with E-state index in [1.54, 1.807) is 37.3 Å². The summed E-state index contributed by atoms with van der Waals surface area (Å²) in [4.78, 5) is 29.4. The molecule has 4 rings (SSSR count). The number of carbonyl (C=O) groups is 2. The number of hydrogen-bond donors (Lipinski definition) is 1. The van der Waals surface area contributed by atoms with Crippen LogP contribution in [0.4, 0.5) is 17.1 Å². The van der Waals surface area contributed by atoms with Crippen molar-refractivity contribution in [3.63, 3.8) is 0 Å². The molecular weight excluding hydrogens is 394 g/mol. The average Bonchev–Trinajstić information content (AvgIpc) is 3.39. The molecule has 0 aliphatic carbocycles. The quantitative estimate of drug-likeness (QED) is 0.770. The van der Waals surface area contributed by atoms with Crippen molar-refractivity contribution in [2.75, 3.05) is 49.0 Å². The van der Waals surface area contributed by atoms with Gasteiger partial charge in [0.05, 0.1) is 20.1 Å². The van der Waals surface area contributed by atoms with Crippen molar-refractivity contribution in [1.82, 2.24) is 0 Å². The summed E-state index contributed by atoms with van der Waals surface area (Å²) >= 11 is 0. The van der Waals surface area contributed by atoms with E-state index in [4.69, 9.17) is 9.47 Å². The molecule has 0 radical (unpaired) electrons. The number of amides is 2. The first-order chi connectivity index (χ1) is 15.0. The van der Waals surface area contributed by atoms with Crippen LogP contribution in [0.3, 0.4) is 0 Å². The van der Waals surface area contributed by atoms with Crippen molar-refractivity contribution < 1.29 is 19.1 Å². The van der Waals surface area contributed by atoms with Gasteiger partial charge in [-0.2, -0.15) is 0 Å². The van der Waals surface area contributed by atoms with Crippen molar-refractivity contribution >= 4 is 28.9 Å². The lowest BCUT2D eigenvalue weighted by Gasteiger charge is -2.19. The zero-order chi connectivity index (χ0) is 22.0. The summed E-state index contributed by atoms with van der Waals surface area (Å²) in [6.07, 6.45) is 1.40. The lowest BCUT2D eigenvalue weighted by atomic mass is 10.1. The molecule has 0 spiro atoms. The maximum absolute atomic E-state index is 12.8. The van der Waals surface area contributed by atoms with Crippen LogP contribution in [0.2, 0.25) is 0 Å². The van der Waals surface area contributed by atoms with Crippen molar-refractivity contribution in [2.45, 2.75) is 19.8 Å². The van der Waals surface area contributed by atoms with Crippen molar-refractivity contribution in [2.24, 2.45) is 11.8 Å². The molecule has 0 aromatic heterocycles. The third kappa shape index (κ3) is 4.45. The minimum Gasteiger partial charge on any atom is -0.493 e. The number of rotatable bonds is 6. The van der Waals surface area contributed by atoms with Crippen molar-refractivity contribution in [3.05, 3.63) is 42.5 Å². The highest BCUT2D eigenvalue weighted by Crippen LogP contribution is 2.34. The van der Waals surface area contributed by atoms with Crippen LogP contribution in [0, 0.1) is 11.8 Å². The Balaban J connectivity index is 1.39. The number of methoxy groups -OCH3 is 2. The second kappa shape index (κ2) is 8.88. The third-order valence-corrected chi connectivity index (χ3v) is 6.10. The van der Waals surface area contributed by atoms with Gasteiger partial charge in [-0.15, -0.1) is 0 Å². The van der Waals surface area contributed by atoms with Crippen LogP contribution in [0.15, 0.2) is 42.5 Å². The van der Waals surface area contributed by atoms with E-state index >= 15 is 0 Å². The SMILES string of the molecule is COc1ccc(N2CC(C(=O)Nc3ccc(N4CCC(C)C4)cc3)CC2=O)cc1OC. The van der Waals surface area contributed by atoms with Crippen LogP contribution in [0.25, 0.3) is 0 Å². The lowest BCUT2D eigenvalue weighted by Crippen LogP contribution is -2.28. The Morgan fingerprint density at radius 3 is 2.35 bits per heavy atom. The van der Waals surface area contributed by atoms with Crippen molar-refractivity contribution in [3.8, 4) is 11.5 Å². The first-order valence-corrected chi connectivity index (χ1v) is 10.7. The molecule has 2 aliphatic heterocycles. The molecule has 0 bridgehead atoms. The van der Waals surface area contributed by atoms with Gasteiger partial charge in [-0.25, -0.2) is 0 Å². The van der Waals surface area contributed by atoms with Crippen molar-refractivity contribution in [1.29, 1.82) is 0 Å². The molecule has 2 fully saturated rings. The molecule has 7 heteroatoms. The number of ether oxygens (including phenoxy) is 2. The van der Waals surface area contributed by atoms with Gasteiger partial charge in [0.25, 0.3) is 0 Å². The molecule has 2 aliphatic rings. The molecule has 0 saturated carbocycles. The van der Waals surface area contributed by atoms with E-state index in [1.165, 1.54) is 12.1 Å². The Bertz CT molecular complexity index is 960. The van der Waals surface area contributed by atoms with Crippen LogP contribution in [-0.4, -0.2) is 45.7 Å². The summed E-state index contributed by atoms with van der Waals surface area (Å²) in [5.41, 5.74) is 2.62. The molecule has 7 nitrogen and oxygen atoms in total. The summed E-state index contributed by atoms with van der Waals surface area (Å²) in [6, 6.07) is 13.3. The normalized spacial score (nSPS) is 20.8. The average molecular weight is 424 g/mol. The van der Waals surface area contributed by atoms with E-state index in [9.17, 15) is 9.59 Å². The summed E-state index contributed by atoms with van der Waals surface area (Å²) < 4.78 is 10.6. The zero-order valence-corrected chi connectivity index (χ0v) is 18.3. The maximum atomic E-state index is 12.8. The molecule has 2 unspecified atom stereocenters. The van der Waals surface area contributed by atoms with E-state index in [1.807, 2.05) is 24.3 Å². The van der Waals surface area contributed by atoms with Gasteiger partial charge in [-0.3, -0.25) is 9.59 Å². The van der Waals surface area contributed by atoms with Gasteiger partial charge in [0, 0.05) is 49.2 Å². The Hall–Kier alpha value is -3.22. The lowest BCUT2D eigenvalue weighted by molar-refractivity contribution is -0.122. The summed E-state index contributed by atoms with van der Waals surface area (Å²) in [6.45, 7) is 4.75. The van der Waals surface area contributed by atoms with E-state index in [0.29, 0.717) is 29.6 Å². The van der Waals surface area contributed by atoms with Gasteiger partial charge in [-0.1, -0.05) is 6.92 Å². The molecule has 2 aromatic carbocycles. The smallest absolute Gasteiger partial charge is 0.229 e. The van der Waals surface area contributed by atoms with E-state index in [2.05, 4.69) is 17.1 Å². The second-order valence-electron chi connectivity index (χ2n) is 8.32. The van der Waals surface area contributed by atoms with Gasteiger partial charge < -0.3 is 24.6 Å². The largest absolute Gasteiger partial charge is 0.493 e. The number of anilines is 3. The monoisotopic (exact) mass is 423 g/mol. The second-order valence-corrected chi connectivity index (χ2v) is 8.32. The predicted octanol–water partition coefficient (Wildman–Crippen LogP) is 3.54. The highest BCUT2D eigenvalue weighted by Gasteiger charge is 2.35. The molecule has 1 N–H and O–H groups in total. The summed E-state index contributed by atoms with van der Waals surface area (Å²) in [5, 5.41) is 2.96. The third-order valence-electron chi connectivity index (χ3n) is 6.10. The Labute approximate surface area is 182 Å². The predicted molar refractivity (Wildman–Crippen MR) is 121 cm³/mol. The number of benzene rings is 2. The first kappa shape index (κ1) is 21.0. The van der Waals surface area contributed by atoms with Gasteiger partial charge in [0.15, 0.2) is 11.5 Å². The Kier molecular flexibility index (Phi) is 6.02. The van der Waals surface area contributed by atoms with Gasteiger partial charge in [0.1, 0.15) is 0 Å². The zero-order valence-electron chi connectivity index (χ0n) is 18.3. The number of nitrogens with zero attached hydrogens (tertiary/aromatic N) is 2. The van der Waals surface area contributed by atoms with Crippen LogP contribution in [-0.2, 0) is 9.59 Å². The summed E-state index contributed by atoms with van der Waals surface area (Å²) in [7, 11) is 3.12.